The second kappa shape index (κ2) is 5.28. The number of aryl methyl sites for hydroxylation is 1. The average Bonchev–Trinajstić information content (AvgIpc) is 2.35. The van der Waals surface area contributed by atoms with Crippen LogP contribution >= 0.6 is 11.6 Å². The molecule has 0 fully saturated rings. The highest BCUT2D eigenvalue weighted by Crippen LogP contribution is 2.30. The summed E-state index contributed by atoms with van der Waals surface area (Å²) in [6.45, 7) is 1.64. The molecule has 0 amide bonds. The van der Waals surface area contributed by atoms with Gasteiger partial charge in [0.05, 0.1) is 5.56 Å². The van der Waals surface area contributed by atoms with E-state index in [1.54, 1.807) is 31.2 Å². The topological polar surface area (TPSA) is 59.1 Å². The van der Waals surface area contributed by atoms with Crippen LogP contribution in [0.15, 0.2) is 36.4 Å². The van der Waals surface area contributed by atoms with Crippen LogP contribution < -0.4 is 10.5 Å². The minimum absolute atomic E-state index is 0.0739. The van der Waals surface area contributed by atoms with Gasteiger partial charge in [0.15, 0.2) is 11.6 Å². The van der Waals surface area contributed by atoms with E-state index in [-0.39, 0.29) is 17.3 Å². The second-order valence-corrected chi connectivity index (χ2v) is 4.48. The van der Waals surface area contributed by atoms with Crippen LogP contribution in [0.1, 0.15) is 11.1 Å². The summed E-state index contributed by atoms with van der Waals surface area (Å²) in [6, 6.07) is 9.50. The highest BCUT2D eigenvalue weighted by atomic mass is 35.5. The van der Waals surface area contributed by atoms with Gasteiger partial charge in [-0.3, -0.25) is 5.41 Å². The van der Waals surface area contributed by atoms with E-state index in [0.29, 0.717) is 16.1 Å². The van der Waals surface area contributed by atoms with E-state index in [4.69, 9.17) is 27.5 Å². The van der Waals surface area contributed by atoms with E-state index >= 15 is 0 Å². The number of hydrogen-bond acceptors (Lipinski definition) is 2. The number of amidine groups is 1. The molecular weight excluding hydrogens is 267 g/mol. The van der Waals surface area contributed by atoms with Crippen molar-refractivity contribution in [1.82, 2.24) is 0 Å². The number of rotatable bonds is 3. The summed E-state index contributed by atoms with van der Waals surface area (Å²) < 4.78 is 19.4. The molecule has 98 valence electrons. The van der Waals surface area contributed by atoms with Crippen LogP contribution in [-0.4, -0.2) is 5.84 Å². The van der Waals surface area contributed by atoms with Crippen molar-refractivity contribution in [2.75, 3.05) is 0 Å². The Bertz CT molecular complexity index is 643. The fourth-order valence-corrected chi connectivity index (χ4v) is 1.78. The molecule has 3 N–H and O–H groups in total. The third kappa shape index (κ3) is 2.85. The Hall–Kier alpha value is -2.07. The first-order valence-electron chi connectivity index (χ1n) is 5.56. The van der Waals surface area contributed by atoms with Crippen LogP contribution in [-0.2, 0) is 0 Å². The van der Waals surface area contributed by atoms with Crippen molar-refractivity contribution >= 4 is 17.4 Å². The highest BCUT2D eigenvalue weighted by Gasteiger charge is 2.12. The Labute approximate surface area is 115 Å². The lowest BCUT2D eigenvalue weighted by atomic mass is 10.2. The van der Waals surface area contributed by atoms with E-state index in [1.165, 1.54) is 12.1 Å². The van der Waals surface area contributed by atoms with Crippen molar-refractivity contribution in [3.05, 3.63) is 58.4 Å². The zero-order chi connectivity index (χ0) is 14.0. The maximum Gasteiger partial charge on any atom is 0.168 e. The van der Waals surface area contributed by atoms with Gasteiger partial charge in [0.2, 0.25) is 0 Å². The first kappa shape index (κ1) is 13.4. The summed E-state index contributed by atoms with van der Waals surface area (Å²) in [7, 11) is 0. The lowest BCUT2D eigenvalue weighted by molar-refractivity contribution is 0.439. The fourth-order valence-electron chi connectivity index (χ4n) is 1.62. The third-order valence-electron chi connectivity index (χ3n) is 2.61. The van der Waals surface area contributed by atoms with Crippen LogP contribution in [0.3, 0.4) is 0 Å². The first-order chi connectivity index (χ1) is 8.99. The van der Waals surface area contributed by atoms with E-state index in [2.05, 4.69) is 0 Å². The van der Waals surface area contributed by atoms with E-state index in [1.807, 2.05) is 0 Å². The van der Waals surface area contributed by atoms with Gasteiger partial charge >= 0.3 is 0 Å². The van der Waals surface area contributed by atoms with Gasteiger partial charge in [-0.05, 0) is 30.7 Å². The molecule has 0 aliphatic heterocycles. The number of benzene rings is 2. The molecular formula is C14H12ClFN2O. The Kier molecular flexibility index (Phi) is 3.71. The molecule has 0 unspecified atom stereocenters. The van der Waals surface area contributed by atoms with E-state index in [9.17, 15) is 4.39 Å². The molecule has 0 bridgehead atoms. The van der Waals surface area contributed by atoms with Crippen molar-refractivity contribution in [3.63, 3.8) is 0 Å². The standard InChI is InChI=1S/C14H12ClFN2O/c1-8-3-2-4-11(13(8)16)19-12-7-9(15)5-6-10(12)14(17)18/h2-7H,1H3,(H3,17,18). The zero-order valence-electron chi connectivity index (χ0n) is 10.2. The second-order valence-electron chi connectivity index (χ2n) is 4.04. The van der Waals surface area contributed by atoms with E-state index < -0.39 is 5.82 Å². The summed E-state index contributed by atoms with van der Waals surface area (Å²) in [5, 5.41) is 7.89. The molecule has 2 aromatic carbocycles. The Morgan fingerprint density at radius 1 is 1.26 bits per heavy atom. The molecule has 2 aromatic rings. The normalized spacial score (nSPS) is 10.3. The van der Waals surface area contributed by atoms with Crippen molar-refractivity contribution in [3.8, 4) is 11.5 Å². The monoisotopic (exact) mass is 278 g/mol. The van der Waals surface area contributed by atoms with Crippen LogP contribution in [0.5, 0.6) is 11.5 Å². The predicted molar refractivity (Wildman–Crippen MR) is 73.7 cm³/mol. The predicted octanol–water partition coefficient (Wildman–Crippen LogP) is 3.86. The molecule has 0 spiro atoms. The van der Waals surface area contributed by atoms with Gasteiger partial charge in [-0.15, -0.1) is 0 Å². The molecule has 0 aliphatic carbocycles. The quantitative estimate of drug-likeness (QED) is 0.661. The summed E-state index contributed by atoms with van der Waals surface area (Å²) >= 11 is 5.87. The molecule has 19 heavy (non-hydrogen) atoms. The lowest BCUT2D eigenvalue weighted by Crippen LogP contribution is -2.12. The van der Waals surface area contributed by atoms with Crippen molar-refractivity contribution in [1.29, 1.82) is 5.41 Å². The molecule has 0 saturated heterocycles. The maximum atomic E-state index is 13.9. The summed E-state index contributed by atoms with van der Waals surface area (Å²) in [5.41, 5.74) is 6.29. The summed E-state index contributed by atoms with van der Waals surface area (Å²) in [6.07, 6.45) is 0. The fraction of sp³-hybridized carbons (Fsp3) is 0.0714. The number of nitrogens with one attached hydrogen (secondary N) is 1. The van der Waals surface area contributed by atoms with Crippen LogP contribution in [0, 0.1) is 18.2 Å². The molecule has 2 rings (SSSR count). The molecule has 5 heteroatoms. The molecule has 0 atom stereocenters. The van der Waals surface area contributed by atoms with Gasteiger partial charge in [0.1, 0.15) is 11.6 Å². The molecule has 0 heterocycles. The summed E-state index contributed by atoms with van der Waals surface area (Å²) in [4.78, 5) is 0. The van der Waals surface area contributed by atoms with Gasteiger partial charge in [0.25, 0.3) is 0 Å². The molecule has 0 aliphatic rings. The largest absolute Gasteiger partial charge is 0.453 e. The minimum atomic E-state index is -0.447. The van der Waals surface area contributed by atoms with Crippen molar-refractivity contribution < 1.29 is 9.13 Å². The SMILES string of the molecule is Cc1cccc(Oc2cc(Cl)ccc2C(=N)N)c1F. The van der Waals surface area contributed by atoms with Crippen LogP contribution in [0.4, 0.5) is 4.39 Å². The molecule has 0 aromatic heterocycles. The molecule has 0 radical (unpaired) electrons. The molecule has 3 nitrogen and oxygen atoms in total. The van der Waals surface area contributed by atoms with Gasteiger partial charge in [0, 0.05) is 11.1 Å². The van der Waals surface area contributed by atoms with E-state index in [0.717, 1.165) is 0 Å². The minimum Gasteiger partial charge on any atom is -0.453 e. The van der Waals surface area contributed by atoms with Crippen LogP contribution in [0.2, 0.25) is 5.02 Å². The summed E-state index contributed by atoms with van der Waals surface area (Å²) in [5.74, 6) is -0.286. The Morgan fingerprint density at radius 2 is 2.00 bits per heavy atom. The number of nitrogen functional groups attached to an aromatic ring is 1. The number of nitrogens with two attached hydrogens (primary N) is 1. The third-order valence-corrected chi connectivity index (χ3v) is 2.85. The Morgan fingerprint density at radius 3 is 2.68 bits per heavy atom. The highest BCUT2D eigenvalue weighted by molar-refractivity contribution is 6.30. The van der Waals surface area contributed by atoms with Crippen molar-refractivity contribution in [2.45, 2.75) is 6.92 Å². The average molecular weight is 279 g/mol. The van der Waals surface area contributed by atoms with Gasteiger partial charge in [-0.1, -0.05) is 23.7 Å². The Balaban J connectivity index is 2.45. The lowest BCUT2D eigenvalue weighted by Gasteiger charge is -2.12. The smallest absolute Gasteiger partial charge is 0.168 e. The number of halogens is 2. The van der Waals surface area contributed by atoms with Gasteiger partial charge in [-0.25, -0.2) is 4.39 Å². The van der Waals surface area contributed by atoms with Crippen molar-refractivity contribution in [2.24, 2.45) is 5.73 Å². The number of hydrogen-bond donors (Lipinski definition) is 2. The van der Waals surface area contributed by atoms with Gasteiger partial charge in [-0.2, -0.15) is 0 Å². The van der Waals surface area contributed by atoms with Crippen LogP contribution in [0.25, 0.3) is 0 Å². The first-order valence-corrected chi connectivity index (χ1v) is 5.93. The zero-order valence-corrected chi connectivity index (χ0v) is 11.0. The maximum absolute atomic E-state index is 13.9. The number of ether oxygens (including phenoxy) is 1. The molecule has 0 saturated carbocycles. The van der Waals surface area contributed by atoms with Gasteiger partial charge < -0.3 is 10.5 Å².